The Morgan fingerprint density at radius 1 is 1.26 bits per heavy atom. The quantitative estimate of drug-likeness (QED) is 0.776. The van der Waals surface area contributed by atoms with E-state index in [2.05, 4.69) is 0 Å². The maximum atomic E-state index is 12.5. The van der Waals surface area contributed by atoms with Gasteiger partial charge >= 0.3 is 6.03 Å². The van der Waals surface area contributed by atoms with E-state index in [0.29, 0.717) is 0 Å². The third-order valence-corrected chi connectivity index (χ3v) is 4.62. The SMILES string of the molecule is CC(c1ccccc1)N(C)C(=O)CN1C(=O)CN(C2CC2)C1=O. The molecule has 0 bridgehead atoms. The summed E-state index contributed by atoms with van der Waals surface area (Å²) in [6.07, 6.45) is 1.90. The van der Waals surface area contributed by atoms with E-state index in [1.54, 1.807) is 16.8 Å². The molecular formula is C17H21N3O3. The highest BCUT2D eigenvalue weighted by atomic mass is 16.2. The fraction of sp³-hybridized carbons (Fsp3) is 0.471. The molecular weight excluding hydrogens is 294 g/mol. The van der Waals surface area contributed by atoms with Crippen LogP contribution in [-0.2, 0) is 9.59 Å². The second-order valence-corrected chi connectivity index (χ2v) is 6.21. The van der Waals surface area contributed by atoms with E-state index < -0.39 is 0 Å². The summed E-state index contributed by atoms with van der Waals surface area (Å²) in [7, 11) is 1.70. The Kier molecular flexibility index (Phi) is 4.07. The number of likely N-dealkylation sites (N-methyl/N-ethyl adjacent to an activating group) is 1. The van der Waals surface area contributed by atoms with Gasteiger partial charge < -0.3 is 9.80 Å². The average Bonchev–Trinajstić information content (AvgIpc) is 3.36. The summed E-state index contributed by atoms with van der Waals surface area (Å²) >= 11 is 0. The summed E-state index contributed by atoms with van der Waals surface area (Å²) in [4.78, 5) is 41.0. The summed E-state index contributed by atoms with van der Waals surface area (Å²) in [6, 6.07) is 9.42. The molecule has 2 fully saturated rings. The van der Waals surface area contributed by atoms with Crippen LogP contribution in [0.15, 0.2) is 30.3 Å². The van der Waals surface area contributed by atoms with Gasteiger partial charge in [-0.05, 0) is 25.3 Å². The molecule has 1 aliphatic carbocycles. The van der Waals surface area contributed by atoms with Gasteiger partial charge in [0.05, 0.1) is 6.04 Å². The predicted octanol–water partition coefficient (Wildman–Crippen LogP) is 1.63. The molecule has 6 heteroatoms. The van der Waals surface area contributed by atoms with Crippen molar-refractivity contribution in [2.24, 2.45) is 0 Å². The third kappa shape index (κ3) is 3.06. The Balaban J connectivity index is 1.64. The minimum absolute atomic E-state index is 0.106. The Labute approximate surface area is 135 Å². The zero-order valence-electron chi connectivity index (χ0n) is 13.4. The molecule has 0 aromatic heterocycles. The van der Waals surface area contributed by atoms with Gasteiger partial charge in [-0.25, -0.2) is 4.79 Å². The highest BCUT2D eigenvalue weighted by Crippen LogP contribution is 2.30. The fourth-order valence-electron chi connectivity index (χ4n) is 2.81. The highest BCUT2D eigenvalue weighted by Gasteiger charge is 2.44. The first-order valence-corrected chi connectivity index (χ1v) is 7.90. The van der Waals surface area contributed by atoms with E-state index in [9.17, 15) is 14.4 Å². The molecule has 23 heavy (non-hydrogen) atoms. The van der Waals surface area contributed by atoms with Crippen molar-refractivity contribution < 1.29 is 14.4 Å². The van der Waals surface area contributed by atoms with E-state index in [1.807, 2.05) is 37.3 Å². The van der Waals surface area contributed by atoms with Crippen LogP contribution in [0.2, 0.25) is 0 Å². The first kappa shape index (κ1) is 15.5. The Morgan fingerprint density at radius 3 is 2.52 bits per heavy atom. The van der Waals surface area contributed by atoms with Crippen LogP contribution in [0, 0.1) is 0 Å². The lowest BCUT2D eigenvalue weighted by Crippen LogP contribution is -2.43. The van der Waals surface area contributed by atoms with Crippen molar-refractivity contribution in [1.82, 2.24) is 14.7 Å². The molecule has 1 unspecified atom stereocenters. The van der Waals surface area contributed by atoms with E-state index in [4.69, 9.17) is 0 Å². The van der Waals surface area contributed by atoms with Gasteiger partial charge in [0.1, 0.15) is 13.1 Å². The summed E-state index contributed by atoms with van der Waals surface area (Å²) in [6.45, 7) is 1.85. The molecule has 1 aromatic carbocycles. The average molecular weight is 315 g/mol. The first-order chi connectivity index (χ1) is 11.0. The van der Waals surface area contributed by atoms with Crippen molar-refractivity contribution in [3.8, 4) is 0 Å². The number of imide groups is 1. The number of hydrogen-bond acceptors (Lipinski definition) is 3. The van der Waals surface area contributed by atoms with Gasteiger partial charge in [-0.15, -0.1) is 0 Å². The van der Waals surface area contributed by atoms with Crippen LogP contribution in [0.25, 0.3) is 0 Å². The lowest BCUT2D eigenvalue weighted by Gasteiger charge is -2.27. The van der Waals surface area contributed by atoms with Crippen molar-refractivity contribution in [1.29, 1.82) is 0 Å². The minimum atomic E-state index is -0.327. The first-order valence-electron chi connectivity index (χ1n) is 7.90. The summed E-state index contributed by atoms with van der Waals surface area (Å²) in [5.74, 6) is -0.517. The van der Waals surface area contributed by atoms with Crippen LogP contribution in [0.1, 0.15) is 31.4 Å². The molecule has 2 aliphatic rings. The van der Waals surface area contributed by atoms with E-state index in [1.165, 1.54) is 0 Å². The van der Waals surface area contributed by atoms with Crippen molar-refractivity contribution in [2.45, 2.75) is 31.8 Å². The number of hydrogen-bond donors (Lipinski definition) is 0. The van der Waals surface area contributed by atoms with Gasteiger partial charge in [-0.2, -0.15) is 0 Å². The topological polar surface area (TPSA) is 60.9 Å². The number of carbonyl (C=O) groups is 3. The lowest BCUT2D eigenvalue weighted by molar-refractivity contribution is -0.137. The molecule has 0 radical (unpaired) electrons. The number of benzene rings is 1. The van der Waals surface area contributed by atoms with Gasteiger partial charge in [0.15, 0.2) is 0 Å². The van der Waals surface area contributed by atoms with Crippen molar-refractivity contribution in [2.75, 3.05) is 20.1 Å². The van der Waals surface area contributed by atoms with Crippen LogP contribution >= 0.6 is 0 Å². The Bertz CT molecular complexity index is 627. The number of amides is 4. The van der Waals surface area contributed by atoms with Crippen LogP contribution in [-0.4, -0.2) is 58.7 Å². The number of nitrogens with zero attached hydrogens (tertiary/aromatic N) is 3. The second kappa shape index (κ2) is 6.02. The van der Waals surface area contributed by atoms with Crippen molar-refractivity contribution in [3.63, 3.8) is 0 Å². The van der Waals surface area contributed by atoms with Gasteiger partial charge in [-0.3, -0.25) is 14.5 Å². The molecule has 0 N–H and O–H groups in total. The fourth-order valence-corrected chi connectivity index (χ4v) is 2.81. The maximum Gasteiger partial charge on any atom is 0.327 e. The summed E-state index contributed by atoms with van der Waals surface area (Å²) in [5, 5.41) is 0. The highest BCUT2D eigenvalue weighted by molar-refractivity contribution is 6.04. The summed E-state index contributed by atoms with van der Waals surface area (Å²) < 4.78 is 0. The van der Waals surface area contributed by atoms with Crippen LogP contribution < -0.4 is 0 Å². The molecule has 1 saturated heterocycles. The van der Waals surface area contributed by atoms with Gasteiger partial charge in [0.25, 0.3) is 5.91 Å². The Morgan fingerprint density at radius 2 is 1.91 bits per heavy atom. The number of urea groups is 1. The standard InChI is InChI=1S/C17H21N3O3/c1-12(13-6-4-3-5-7-13)18(2)15(21)10-20-16(22)11-19(17(20)23)14-8-9-14/h3-7,12,14H,8-11H2,1-2H3. The molecule has 3 rings (SSSR count). The molecule has 6 nitrogen and oxygen atoms in total. The van der Waals surface area contributed by atoms with Gasteiger partial charge in [0, 0.05) is 13.1 Å². The monoisotopic (exact) mass is 315 g/mol. The third-order valence-electron chi connectivity index (χ3n) is 4.62. The molecule has 1 aromatic rings. The van der Waals surface area contributed by atoms with E-state index in [-0.39, 0.29) is 43.0 Å². The van der Waals surface area contributed by atoms with Crippen LogP contribution in [0.5, 0.6) is 0 Å². The number of rotatable bonds is 5. The predicted molar refractivity (Wildman–Crippen MR) is 84.5 cm³/mol. The maximum absolute atomic E-state index is 12.5. The van der Waals surface area contributed by atoms with Crippen LogP contribution in [0.3, 0.4) is 0 Å². The lowest BCUT2D eigenvalue weighted by atomic mass is 10.1. The van der Waals surface area contributed by atoms with Crippen molar-refractivity contribution >= 4 is 17.8 Å². The normalized spacial score (nSPS) is 19.2. The minimum Gasteiger partial charge on any atom is -0.337 e. The molecule has 1 heterocycles. The number of carbonyl (C=O) groups excluding carboxylic acids is 3. The molecule has 4 amide bonds. The molecule has 1 saturated carbocycles. The largest absolute Gasteiger partial charge is 0.337 e. The second-order valence-electron chi connectivity index (χ2n) is 6.21. The molecule has 122 valence electrons. The van der Waals surface area contributed by atoms with Crippen molar-refractivity contribution in [3.05, 3.63) is 35.9 Å². The van der Waals surface area contributed by atoms with E-state index in [0.717, 1.165) is 23.3 Å². The van der Waals surface area contributed by atoms with E-state index >= 15 is 0 Å². The van der Waals surface area contributed by atoms with Gasteiger partial charge in [-0.1, -0.05) is 30.3 Å². The summed E-state index contributed by atoms with van der Waals surface area (Å²) in [5.41, 5.74) is 1.02. The van der Waals surface area contributed by atoms with Crippen LogP contribution in [0.4, 0.5) is 4.79 Å². The zero-order chi connectivity index (χ0) is 16.6. The smallest absolute Gasteiger partial charge is 0.327 e. The molecule has 1 atom stereocenters. The van der Waals surface area contributed by atoms with Gasteiger partial charge in [0.2, 0.25) is 5.91 Å². The Hall–Kier alpha value is -2.37. The molecule has 0 spiro atoms. The zero-order valence-corrected chi connectivity index (χ0v) is 13.4. The molecule has 1 aliphatic heterocycles.